The largest absolute Gasteiger partial charge is 0.481 e. The van der Waals surface area contributed by atoms with E-state index in [-0.39, 0.29) is 18.2 Å². The smallest absolute Gasteiger partial charge is 0.344 e. The molecule has 8 heteroatoms. The molecule has 3 rings (SSSR count). The van der Waals surface area contributed by atoms with Crippen LogP contribution in [0.5, 0.6) is 0 Å². The third-order valence-corrected chi connectivity index (χ3v) is 6.38. The number of carboxylic acid groups (broad SMARTS) is 1. The van der Waals surface area contributed by atoms with E-state index in [1.165, 1.54) is 10.5 Å². The molecular weight excluding hydrogens is 454 g/mol. The molecule has 1 heterocycles. The van der Waals surface area contributed by atoms with Crippen LogP contribution in [0.25, 0.3) is 0 Å². The van der Waals surface area contributed by atoms with E-state index in [1.807, 2.05) is 31.2 Å². The van der Waals surface area contributed by atoms with E-state index in [2.05, 4.69) is 4.99 Å². The van der Waals surface area contributed by atoms with E-state index >= 15 is 0 Å². The molecule has 0 saturated heterocycles. The molecule has 180 valence electrons. The Morgan fingerprint density at radius 1 is 1.15 bits per heavy atom. The molecule has 1 aliphatic rings. The summed E-state index contributed by atoms with van der Waals surface area (Å²) in [6, 6.07) is 13.8. The van der Waals surface area contributed by atoms with Gasteiger partial charge in [-0.3, -0.25) is 9.59 Å². The Kier molecular flexibility index (Phi) is 8.45. The minimum atomic E-state index is -1.05. The second-order valence-electron chi connectivity index (χ2n) is 8.70. The first-order chi connectivity index (χ1) is 16.2. The number of urea groups is 1. The number of benzene rings is 2. The van der Waals surface area contributed by atoms with E-state index in [1.54, 1.807) is 43.1 Å². The summed E-state index contributed by atoms with van der Waals surface area (Å²) in [7, 11) is 1.74. The monoisotopic (exact) mass is 483 g/mol. The number of aryl methyl sites for hydroxylation is 2. The van der Waals surface area contributed by atoms with E-state index in [9.17, 15) is 19.5 Å². The number of halogens is 1. The maximum Gasteiger partial charge on any atom is 0.344 e. The number of hydrogen-bond donors (Lipinski definition) is 1. The fraction of sp³-hybridized carbons (Fsp3) is 0.385. The molecule has 0 bridgehead atoms. The fourth-order valence-electron chi connectivity index (χ4n) is 4.22. The molecule has 7 nitrogen and oxygen atoms in total. The van der Waals surface area contributed by atoms with Crippen molar-refractivity contribution in [1.82, 2.24) is 9.80 Å². The molecule has 0 spiro atoms. The Labute approximate surface area is 205 Å². The topological polar surface area (TPSA) is 90.3 Å². The third-order valence-electron chi connectivity index (χ3n) is 6.14. The molecule has 2 aromatic rings. The van der Waals surface area contributed by atoms with Gasteiger partial charge in [0.25, 0.3) is 0 Å². The van der Waals surface area contributed by atoms with Crippen LogP contribution in [0.4, 0.5) is 4.79 Å². The van der Waals surface area contributed by atoms with Gasteiger partial charge in [0.15, 0.2) is 0 Å². The molecule has 0 radical (unpaired) electrons. The second kappa shape index (κ2) is 11.3. The number of carbonyl (C=O) groups is 3. The summed E-state index contributed by atoms with van der Waals surface area (Å²) in [4.78, 5) is 44.5. The van der Waals surface area contributed by atoms with Crippen molar-refractivity contribution in [2.75, 3.05) is 20.1 Å². The summed E-state index contributed by atoms with van der Waals surface area (Å²) >= 11 is 6.15. The summed E-state index contributed by atoms with van der Waals surface area (Å²) in [5.74, 6) is -1.99. The van der Waals surface area contributed by atoms with Crippen molar-refractivity contribution in [3.63, 3.8) is 0 Å². The van der Waals surface area contributed by atoms with Crippen LogP contribution < -0.4 is 0 Å². The molecule has 3 amide bonds. The standard InChI is InChI=1S/C26H30ClN3O4/c1-17-8-10-19(11-9-17)12-13-22(31)29(3)14-5-15-30-24(20-6-4-7-21(27)16-20)23(25(32)33)18(2)28-26(30)34/h4,6-11,16,23-24H,5,12-15H2,1-3H3,(H,32,33). The van der Waals surface area contributed by atoms with Crippen molar-refractivity contribution < 1.29 is 19.5 Å². The molecule has 2 atom stereocenters. The van der Waals surface area contributed by atoms with Gasteiger partial charge in [0.05, 0.1) is 6.04 Å². The zero-order valence-electron chi connectivity index (χ0n) is 19.7. The van der Waals surface area contributed by atoms with Crippen molar-refractivity contribution in [3.05, 3.63) is 70.2 Å². The Balaban J connectivity index is 1.65. The lowest BCUT2D eigenvalue weighted by Gasteiger charge is -2.38. The SMILES string of the molecule is CC1=NC(=O)N(CCCN(C)C(=O)CCc2ccc(C)cc2)C(c2cccc(Cl)c2)C1C(=O)O. The summed E-state index contributed by atoms with van der Waals surface area (Å²) in [6.45, 7) is 4.30. The number of amides is 3. The molecule has 0 saturated carbocycles. The van der Waals surface area contributed by atoms with Gasteiger partial charge in [-0.15, -0.1) is 0 Å². The number of aliphatic carboxylic acids is 1. The van der Waals surface area contributed by atoms with Crippen LogP contribution in [0, 0.1) is 12.8 Å². The van der Waals surface area contributed by atoms with Gasteiger partial charge in [-0.1, -0.05) is 53.6 Å². The molecule has 2 aromatic carbocycles. The van der Waals surface area contributed by atoms with Crippen LogP contribution in [-0.2, 0) is 16.0 Å². The van der Waals surface area contributed by atoms with Gasteiger partial charge in [-0.05, 0) is 49.9 Å². The van der Waals surface area contributed by atoms with Crippen LogP contribution in [0.1, 0.15) is 42.5 Å². The second-order valence-corrected chi connectivity index (χ2v) is 9.14. The third kappa shape index (κ3) is 6.23. The molecule has 1 aliphatic heterocycles. The normalized spacial score (nSPS) is 17.9. The number of hydrogen-bond acceptors (Lipinski definition) is 3. The van der Waals surface area contributed by atoms with Gasteiger partial charge in [0, 0.05) is 37.3 Å². The lowest BCUT2D eigenvalue weighted by Crippen LogP contribution is -2.47. The number of carboxylic acids is 1. The van der Waals surface area contributed by atoms with E-state index in [0.29, 0.717) is 36.4 Å². The molecule has 0 fully saturated rings. The highest BCUT2D eigenvalue weighted by atomic mass is 35.5. The minimum absolute atomic E-state index is 0.0224. The van der Waals surface area contributed by atoms with Gasteiger partial charge < -0.3 is 14.9 Å². The zero-order chi connectivity index (χ0) is 24.8. The molecule has 0 aliphatic carbocycles. The van der Waals surface area contributed by atoms with Crippen molar-refractivity contribution >= 4 is 35.2 Å². The maximum absolute atomic E-state index is 12.8. The molecule has 1 N–H and O–H groups in total. The lowest BCUT2D eigenvalue weighted by atomic mass is 9.87. The Morgan fingerprint density at radius 3 is 2.50 bits per heavy atom. The maximum atomic E-state index is 12.8. The highest BCUT2D eigenvalue weighted by Gasteiger charge is 2.42. The fourth-order valence-corrected chi connectivity index (χ4v) is 4.42. The van der Waals surface area contributed by atoms with Crippen LogP contribution in [0.3, 0.4) is 0 Å². The highest BCUT2D eigenvalue weighted by molar-refractivity contribution is 6.30. The van der Waals surface area contributed by atoms with E-state index in [4.69, 9.17) is 11.6 Å². The van der Waals surface area contributed by atoms with Gasteiger partial charge >= 0.3 is 12.0 Å². The average molecular weight is 484 g/mol. The van der Waals surface area contributed by atoms with Gasteiger partial charge in [0.2, 0.25) is 5.91 Å². The van der Waals surface area contributed by atoms with Crippen LogP contribution in [0.2, 0.25) is 5.02 Å². The van der Waals surface area contributed by atoms with Crippen molar-refractivity contribution in [2.45, 2.75) is 39.2 Å². The summed E-state index contributed by atoms with van der Waals surface area (Å²) in [6.07, 6.45) is 1.56. The predicted octanol–water partition coefficient (Wildman–Crippen LogP) is 4.77. The quantitative estimate of drug-likeness (QED) is 0.556. The number of rotatable bonds is 9. The van der Waals surface area contributed by atoms with Crippen molar-refractivity contribution in [1.29, 1.82) is 0 Å². The number of carbonyl (C=O) groups excluding carboxylic acids is 2. The molecule has 34 heavy (non-hydrogen) atoms. The molecule has 0 aromatic heterocycles. The molecule has 2 unspecified atom stereocenters. The Morgan fingerprint density at radius 2 is 1.85 bits per heavy atom. The molecular formula is C26H30ClN3O4. The van der Waals surface area contributed by atoms with Crippen molar-refractivity contribution in [2.24, 2.45) is 10.9 Å². The highest BCUT2D eigenvalue weighted by Crippen LogP contribution is 2.35. The predicted molar refractivity (Wildman–Crippen MR) is 132 cm³/mol. The van der Waals surface area contributed by atoms with E-state index in [0.717, 1.165) is 5.56 Å². The Hall–Kier alpha value is -3.19. The van der Waals surface area contributed by atoms with Crippen LogP contribution in [0.15, 0.2) is 53.5 Å². The lowest BCUT2D eigenvalue weighted by molar-refractivity contribution is -0.141. The Bertz CT molecular complexity index is 1080. The van der Waals surface area contributed by atoms with E-state index < -0.39 is 24.0 Å². The zero-order valence-corrected chi connectivity index (χ0v) is 20.5. The van der Waals surface area contributed by atoms with Gasteiger partial charge in [0.1, 0.15) is 5.92 Å². The minimum Gasteiger partial charge on any atom is -0.481 e. The van der Waals surface area contributed by atoms with Crippen LogP contribution in [-0.4, -0.2) is 58.7 Å². The summed E-state index contributed by atoms with van der Waals surface area (Å²) in [5.41, 5.74) is 3.20. The number of aliphatic imine (C=N–C) groups is 1. The van der Waals surface area contributed by atoms with Crippen LogP contribution >= 0.6 is 11.6 Å². The first-order valence-corrected chi connectivity index (χ1v) is 11.7. The summed E-state index contributed by atoms with van der Waals surface area (Å²) < 4.78 is 0. The summed E-state index contributed by atoms with van der Waals surface area (Å²) in [5, 5.41) is 10.3. The van der Waals surface area contributed by atoms with Gasteiger partial charge in [-0.2, -0.15) is 0 Å². The first-order valence-electron chi connectivity index (χ1n) is 11.3. The number of nitrogens with zero attached hydrogens (tertiary/aromatic N) is 3. The van der Waals surface area contributed by atoms with Crippen molar-refractivity contribution in [3.8, 4) is 0 Å². The van der Waals surface area contributed by atoms with Gasteiger partial charge in [-0.25, -0.2) is 9.79 Å². The first kappa shape index (κ1) is 25.4. The average Bonchev–Trinajstić information content (AvgIpc) is 2.79.